The Morgan fingerprint density at radius 3 is 2.50 bits per heavy atom. The highest BCUT2D eigenvalue weighted by Gasteiger charge is 2.21. The van der Waals surface area contributed by atoms with Crippen molar-refractivity contribution in [3.63, 3.8) is 0 Å². The highest BCUT2D eigenvalue weighted by Crippen LogP contribution is 2.20. The largest absolute Gasteiger partial charge is 0.342 e. The van der Waals surface area contributed by atoms with Crippen LogP contribution < -0.4 is 0 Å². The van der Waals surface area contributed by atoms with Crippen molar-refractivity contribution in [2.45, 2.75) is 39.5 Å². The Bertz CT molecular complexity index is 365. The Balaban J connectivity index is 1.74. The molecule has 4 heteroatoms. The minimum absolute atomic E-state index is 0.288. The van der Waals surface area contributed by atoms with Gasteiger partial charge in [0.05, 0.1) is 6.54 Å². The smallest absolute Gasteiger partial charge is 0.236 e. The molecule has 0 spiro atoms. The average molecular weight is 307 g/mol. The fourth-order valence-electron chi connectivity index (χ4n) is 3.62. The molecule has 1 fully saturated rings. The summed E-state index contributed by atoms with van der Waals surface area (Å²) in [7, 11) is 0. The second kappa shape index (κ2) is 9.31. The van der Waals surface area contributed by atoms with Gasteiger partial charge in [0.1, 0.15) is 0 Å². The lowest BCUT2D eigenvalue weighted by Gasteiger charge is -2.27. The summed E-state index contributed by atoms with van der Waals surface area (Å²) >= 11 is 0. The zero-order chi connectivity index (χ0) is 15.8. The van der Waals surface area contributed by atoms with E-state index >= 15 is 0 Å². The molecule has 1 heterocycles. The van der Waals surface area contributed by atoms with Crippen LogP contribution in [-0.4, -0.2) is 73.0 Å². The first-order chi connectivity index (χ1) is 10.7. The van der Waals surface area contributed by atoms with Crippen LogP contribution in [0.3, 0.4) is 0 Å². The quantitative estimate of drug-likeness (QED) is 0.704. The normalized spacial score (nSPS) is 24.2. The van der Waals surface area contributed by atoms with Crippen molar-refractivity contribution in [3.05, 3.63) is 12.2 Å². The van der Waals surface area contributed by atoms with Gasteiger partial charge >= 0.3 is 0 Å². The third-order valence-corrected chi connectivity index (χ3v) is 5.05. The van der Waals surface area contributed by atoms with Gasteiger partial charge in [-0.1, -0.05) is 12.2 Å². The van der Waals surface area contributed by atoms with Crippen molar-refractivity contribution < 1.29 is 4.79 Å². The monoisotopic (exact) mass is 307 g/mol. The van der Waals surface area contributed by atoms with Crippen LogP contribution in [0.15, 0.2) is 12.2 Å². The van der Waals surface area contributed by atoms with E-state index in [-0.39, 0.29) is 5.91 Å². The van der Waals surface area contributed by atoms with Crippen molar-refractivity contribution in [1.82, 2.24) is 14.7 Å². The molecule has 4 nitrogen and oxygen atoms in total. The summed E-state index contributed by atoms with van der Waals surface area (Å²) in [5.41, 5.74) is 0. The number of amides is 1. The van der Waals surface area contributed by atoms with Crippen molar-refractivity contribution in [2.24, 2.45) is 5.92 Å². The first kappa shape index (κ1) is 17.5. The summed E-state index contributed by atoms with van der Waals surface area (Å²) in [6.07, 6.45) is 9.70. The molecule has 0 bridgehead atoms. The molecule has 0 radical (unpaired) electrons. The highest BCUT2D eigenvalue weighted by molar-refractivity contribution is 5.78. The minimum atomic E-state index is 0.288. The molecule has 0 aromatic heterocycles. The maximum absolute atomic E-state index is 12.2. The predicted molar refractivity (Wildman–Crippen MR) is 91.9 cm³/mol. The number of hydrogen-bond acceptors (Lipinski definition) is 3. The van der Waals surface area contributed by atoms with E-state index in [2.05, 4.69) is 35.8 Å². The van der Waals surface area contributed by atoms with Crippen LogP contribution >= 0.6 is 0 Å². The van der Waals surface area contributed by atoms with Crippen LogP contribution in [0.1, 0.15) is 39.5 Å². The summed E-state index contributed by atoms with van der Waals surface area (Å²) in [6, 6.07) is 0. The number of rotatable bonds is 6. The third-order valence-electron chi connectivity index (χ3n) is 5.05. The van der Waals surface area contributed by atoms with Crippen LogP contribution in [0.2, 0.25) is 0 Å². The molecule has 1 atom stereocenters. The van der Waals surface area contributed by atoms with Crippen molar-refractivity contribution >= 4 is 5.91 Å². The fraction of sp³-hybridized carbons (Fsp3) is 0.833. The zero-order valence-electron chi connectivity index (χ0n) is 14.5. The Hall–Kier alpha value is -0.870. The van der Waals surface area contributed by atoms with Gasteiger partial charge in [0.2, 0.25) is 5.91 Å². The van der Waals surface area contributed by atoms with Gasteiger partial charge in [0.15, 0.2) is 0 Å². The lowest BCUT2D eigenvalue weighted by atomic mass is 9.94. The number of carbonyl (C=O) groups is 1. The third kappa shape index (κ3) is 5.40. The second-order valence-electron chi connectivity index (χ2n) is 6.65. The van der Waals surface area contributed by atoms with E-state index in [9.17, 15) is 4.79 Å². The van der Waals surface area contributed by atoms with Crippen molar-refractivity contribution in [1.29, 1.82) is 0 Å². The topological polar surface area (TPSA) is 26.8 Å². The van der Waals surface area contributed by atoms with E-state index in [0.717, 1.165) is 38.6 Å². The predicted octanol–water partition coefficient (Wildman–Crippen LogP) is 2.22. The standard InChI is InChI=1S/C18H33N3O/c1-3-21(4-2)18(22)16-20-12-8-11-19(13-14-20)15-17-9-6-5-7-10-17/h5-6,17H,3-4,7-16H2,1-2H3/t17-/m0/s1. The highest BCUT2D eigenvalue weighted by atomic mass is 16.2. The molecule has 2 rings (SSSR count). The number of allylic oxidation sites excluding steroid dienone is 2. The van der Waals surface area contributed by atoms with Crippen LogP contribution in [0.4, 0.5) is 0 Å². The van der Waals surface area contributed by atoms with Crippen molar-refractivity contribution in [2.75, 3.05) is 52.4 Å². The fourth-order valence-corrected chi connectivity index (χ4v) is 3.62. The number of likely N-dealkylation sites (N-methyl/N-ethyl adjacent to an activating group) is 1. The van der Waals surface area contributed by atoms with Crippen LogP contribution in [0.25, 0.3) is 0 Å². The zero-order valence-corrected chi connectivity index (χ0v) is 14.5. The van der Waals surface area contributed by atoms with E-state index < -0.39 is 0 Å². The summed E-state index contributed by atoms with van der Waals surface area (Å²) in [6.45, 7) is 12.0. The minimum Gasteiger partial charge on any atom is -0.342 e. The molecular weight excluding hydrogens is 274 g/mol. The van der Waals surface area contributed by atoms with Crippen molar-refractivity contribution in [3.8, 4) is 0 Å². The van der Waals surface area contributed by atoms with Gasteiger partial charge in [-0.05, 0) is 58.5 Å². The van der Waals surface area contributed by atoms with E-state index in [0.29, 0.717) is 6.54 Å². The van der Waals surface area contributed by atoms with Crippen LogP contribution in [0, 0.1) is 5.92 Å². The molecular formula is C18H33N3O. The molecule has 0 saturated carbocycles. The summed E-state index contributed by atoms with van der Waals surface area (Å²) in [4.78, 5) is 19.2. The molecule has 22 heavy (non-hydrogen) atoms. The SMILES string of the molecule is CCN(CC)C(=O)CN1CCCN(C[C@H]2CC=CCC2)CC1. The molecule has 0 N–H and O–H groups in total. The average Bonchev–Trinajstić information content (AvgIpc) is 2.75. The molecule has 1 aliphatic carbocycles. The molecule has 0 unspecified atom stereocenters. The van der Waals surface area contributed by atoms with Gasteiger partial charge in [-0.2, -0.15) is 0 Å². The number of hydrogen-bond donors (Lipinski definition) is 0. The first-order valence-corrected chi connectivity index (χ1v) is 9.10. The summed E-state index contributed by atoms with van der Waals surface area (Å²) in [5, 5.41) is 0. The Morgan fingerprint density at radius 1 is 1.09 bits per heavy atom. The van der Waals surface area contributed by atoms with Crippen LogP contribution in [0.5, 0.6) is 0 Å². The number of nitrogens with zero attached hydrogens (tertiary/aromatic N) is 3. The van der Waals surface area contributed by atoms with E-state index in [1.807, 2.05) is 4.90 Å². The first-order valence-electron chi connectivity index (χ1n) is 9.10. The van der Waals surface area contributed by atoms with Gasteiger partial charge in [0.25, 0.3) is 0 Å². The maximum atomic E-state index is 12.2. The van der Waals surface area contributed by atoms with E-state index in [1.165, 1.54) is 38.8 Å². The Labute approximate surface area is 136 Å². The van der Waals surface area contributed by atoms with E-state index in [1.54, 1.807) is 0 Å². The summed E-state index contributed by atoms with van der Waals surface area (Å²) < 4.78 is 0. The lowest BCUT2D eigenvalue weighted by molar-refractivity contribution is -0.132. The van der Waals surface area contributed by atoms with E-state index in [4.69, 9.17) is 0 Å². The molecule has 1 amide bonds. The molecule has 0 aromatic carbocycles. The molecule has 1 saturated heterocycles. The molecule has 2 aliphatic rings. The molecule has 126 valence electrons. The number of carbonyl (C=O) groups excluding carboxylic acids is 1. The van der Waals surface area contributed by atoms with Gasteiger partial charge < -0.3 is 9.80 Å². The Kier molecular flexibility index (Phi) is 7.40. The van der Waals surface area contributed by atoms with Crippen LogP contribution in [-0.2, 0) is 4.79 Å². The summed E-state index contributed by atoms with van der Waals surface area (Å²) in [5.74, 6) is 1.13. The lowest BCUT2D eigenvalue weighted by Crippen LogP contribution is -2.41. The van der Waals surface area contributed by atoms with Gasteiger partial charge in [0, 0.05) is 32.7 Å². The maximum Gasteiger partial charge on any atom is 0.236 e. The van der Waals surface area contributed by atoms with Gasteiger partial charge in [-0.15, -0.1) is 0 Å². The second-order valence-corrected chi connectivity index (χ2v) is 6.65. The molecule has 0 aromatic rings. The Morgan fingerprint density at radius 2 is 1.82 bits per heavy atom. The van der Waals surface area contributed by atoms with Gasteiger partial charge in [-0.3, -0.25) is 9.69 Å². The molecule has 1 aliphatic heterocycles. The van der Waals surface area contributed by atoms with Gasteiger partial charge in [-0.25, -0.2) is 0 Å².